The standard InChI is InChI=1S/C29H29N5O.C3H8.C2H6/c1-3-21-16-18-31-22(19-21)13-15-27-24-14-12-23(20-28(24)34-33-27)32-26-10-7-6-9-25(26)29(35)11-5-4-8-17-30-2;1-3-2;1-2/h6-7,9-10,12-16,18-20,30,32H,3,5,11,17H2,1-2H3,(H,33,34);3H2,1-2H3;1-2H3/b15-13+;;. The number of fused-ring (bicyclic) bond motifs is 1. The van der Waals surface area contributed by atoms with Crippen LogP contribution in [0.25, 0.3) is 23.1 Å². The molecule has 4 aromatic rings. The number of hydrogen-bond acceptors (Lipinski definition) is 5. The molecule has 0 amide bonds. The molecule has 0 saturated heterocycles. The predicted molar refractivity (Wildman–Crippen MR) is 171 cm³/mol. The number of aromatic nitrogens is 3. The van der Waals surface area contributed by atoms with Crippen molar-refractivity contribution >= 4 is 40.2 Å². The van der Waals surface area contributed by atoms with E-state index in [0.29, 0.717) is 24.9 Å². The van der Waals surface area contributed by atoms with Crippen molar-refractivity contribution in [3.8, 4) is 11.8 Å². The Bertz CT molecular complexity index is 1430. The van der Waals surface area contributed by atoms with E-state index < -0.39 is 0 Å². The normalized spacial score (nSPS) is 10.2. The fourth-order valence-electron chi connectivity index (χ4n) is 3.76. The molecule has 0 bridgehead atoms. The van der Waals surface area contributed by atoms with Gasteiger partial charge in [0.1, 0.15) is 0 Å². The molecule has 0 spiro atoms. The topological polar surface area (TPSA) is 82.7 Å². The SMILES string of the molecule is CC.CCC.CCc1ccnc(/C=C/c2n[nH]c3cc(Nc4ccccc4C(=O)CCC#CCNC)ccc23)c1. The second-order valence-corrected chi connectivity index (χ2v) is 8.83. The zero-order valence-corrected chi connectivity index (χ0v) is 24.8. The summed E-state index contributed by atoms with van der Waals surface area (Å²) in [7, 11) is 1.85. The Morgan fingerprint density at radius 2 is 1.77 bits per heavy atom. The summed E-state index contributed by atoms with van der Waals surface area (Å²) in [5.41, 5.74) is 6.25. The molecule has 0 saturated carbocycles. The average molecular weight is 538 g/mol. The van der Waals surface area contributed by atoms with Crippen LogP contribution in [0.1, 0.15) is 81.2 Å². The Morgan fingerprint density at radius 1 is 1.00 bits per heavy atom. The molecule has 3 N–H and O–H groups in total. The van der Waals surface area contributed by atoms with Crippen LogP contribution < -0.4 is 10.6 Å². The van der Waals surface area contributed by atoms with Crippen LogP contribution in [-0.2, 0) is 6.42 Å². The number of carbonyl (C=O) groups excluding carboxylic acids is 1. The van der Waals surface area contributed by atoms with E-state index in [1.807, 2.05) is 87.8 Å². The monoisotopic (exact) mass is 537 g/mol. The molecule has 6 heteroatoms. The maximum atomic E-state index is 12.8. The molecule has 0 radical (unpaired) electrons. The number of carbonyl (C=O) groups is 1. The number of aryl methyl sites for hydroxylation is 1. The fourth-order valence-corrected chi connectivity index (χ4v) is 3.76. The number of benzene rings is 2. The van der Waals surface area contributed by atoms with Crippen LogP contribution in [0.5, 0.6) is 0 Å². The van der Waals surface area contributed by atoms with Gasteiger partial charge < -0.3 is 10.6 Å². The number of Topliss-reactive ketones (excluding diaryl/α,β-unsaturated/α-hetero) is 1. The third-order valence-corrected chi connectivity index (χ3v) is 5.63. The Morgan fingerprint density at radius 3 is 2.52 bits per heavy atom. The van der Waals surface area contributed by atoms with Gasteiger partial charge in [0.05, 0.1) is 23.4 Å². The van der Waals surface area contributed by atoms with Gasteiger partial charge in [0.25, 0.3) is 0 Å². The number of hydrogen-bond donors (Lipinski definition) is 3. The Labute approximate surface area is 239 Å². The summed E-state index contributed by atoms with van der Waals surface area (Å²) in [6, 6.07) is 17.7. The molecular formula is C34H43N5O. The zero-order valence-electron chi connectivity index (χ0n) is 24.8. The van der Waals surface area contributed by atoms with Gasteiger partial charge in [0.15, 0.2) is 5.78 Å². The molecule has 2 heterocycles. The Balaban J connectivity index is 0.00000105. The lowest BCUT2D eigenvalue weighted by Gasteiger charge is -2.11. The summed E-state index contributed by atoms with van der Waals surface area (Å²) in [6.07, 6.45) is 8.94. The van der Waals surface area contributed by atoms with E-state index >= 15 is 0 Å². The number of para-hydroxylation sites is 1. The second kappa shape index (κ2) is 18.1. The van der Waals surface area contributed by atoms with Crippen LogP contribution in [0.2, 0.25) is 0 Å². The molecule has 2 aromatic heterocycles. The number of nitrogens with zero attached hydrogens (tertiary/aromatic N) is 2. The molecule has 0 aliphatic heterocycles. The van der Waals surface area contributed by atoms with E-state index in [1.54, 1.807) is 0 Å². The van der Waals surface area contributed by atoms with Gasteiger partial charge in [-0.2, -0.15) is 5.10 Å². The number of aromatic amines is 1. The summed E-state index contributed by atoms with van der Waals surface area (Å²) < 4.78 is 0. The summed E-state index contributed by atoms with van der Waals surface area (Å²) >= 11 is 0. The lowest BCUT2D eigenvalue weighted by Crippen LogP contribution is -2.05. The quantitative estimate of drug-likeness (QED) is 0.149. The maximum Gasteiger partial charge on any atom is 0.165 e. The minimum absolute atomic E-state index is 0.0719. The van der Waals surface area contributed by atoms with Crippen LogP contribution in [0.15, 0.2) is 60.8 Å². The molecule has 0 fully saturated rings. The first-order valence-corrected chi connectivity index (χ1v) is 14.2. The average Bonchev–Trinajstić information content (AvgIpc) is 3.40. The number of rotatable bonds is 9. The van der Waals surface area contributed by atoms with Gasteiger partial charge in [-0.3, -0.25) is 14.9 Å². The number of ketones is 1. The molecule has 0 aliphatic carbocycles. The number of pyridine rings is 1. The molecule has 2 aromatic carbocycles. The third-order valence-electron chi connectivity index (χ3n) is 5.63. The van der Waals surface area contributed by atoms with E-state index in [9.17, 15) is 4.79 Å². The molecule has 0 unspecified atom stereocenters. The van der Waals surface area contributed by atoms with Gasteiger partial charge in [0.2, 0.25) is 0 Å². The van der Waals surface area contributed by atoms with Crippen LogP contribution in [0.3, 0.4) is 0 Å². The summed E-state index contributed by atoms with van der Waals surface area (Å²) in [4.78, 5) is 17.2. The predicted octanol–water partition coefficient (Wildman–Crippen LogP) is 8.06. The van der Waals surface area contributed by atoms with Gasteiger partial charge in [-0.05, 0) is 73.6 Å². The Kier molecular flexibility index (Phi) is 14.5. The molecule has 0 atom stereocenters. The van der Waals surface area contributed by atoms with Crippen LogP contribution in [0, 0.1) is 11.8 Å². The lowest BCUT2D eigenvalue weighted by atomic mass is 10.0. The summed E-state index contributed by atoms with van der Waals surface area (Å²) in [5, 5.41) is 15.0. The minimum Gasteiger partial charge on any atom is -0.355 e. The van der Waals surface area contributed by atoms with Crippen molar-refractivity contribution in [3.05, 3.63) is 83.3 Å². The summed E-state index contributed by atoms with van der Waals surface area (Å²) in [5.74, 6) is 6.09. The van der Waals surface area contributed by atoms with Crippen LogP contribution in [0.4, 0.5) is 11.4 Å². The highest BCUT2D eigenvalue weighted by Crippen LogP contribution is 2.26. The van der Waals surface area contributed by atoms with Crippen molar-refractivity contribution in [2.24, 2.45) is 0 Å². The zero-order chi connectivity index (χ0) is 29.2. The van der Waals surface area contributed by atoms with E-state index in [-0.39, 0.29) is 5.78 Å². The van der Waals surface area contributed by atoms with Gasteiger partial charge in [0, 0.05) is 41.4 Å². The van der Waals surface area contributed by atoms with E-state index in [4.69, 9.17) is 0 Å². The number of nitrogens with one attached hydrogen (secondary N) is 3. The number of H-pyrrole nitrogens is 1. The largest absolute Gasteiger partial charge is 0.355 e. The van der Waals surface area contributed by atoms with Gasteiger partial charge >= 0.3 is 0 Å². The lowest BCUT2D eigenvalue weighted by molar-refractivity contribution is 0.0985. The Hall–Kier alpha value is -4.21. The molecular weight excluding hydrogens is 494 g/mol. The highest BCUT2D eigenvalue weighted by molar-refractivity contribution is 6.02. The first kappa shape index (κ1) is 32.0. The minimum atomic E-state index is 0.0719. The van der Waals surface area contributed by atoms with Crippen molar-refractivity contribution in [3.63, 3.8) is 0 Å². The van der Waals surface area contributed by atoms with Crippen molar-refractivity contribution < 1.29 is 4.79 Å². The first-order chi connectivity index (χ1) is 19.6. The van der Waals surface area contributed by atoms with Crippen molar-refractivity contribution in [2.75, 3.05) is 18.9 Å². The van der Waals surface area contributed by atoms with Gasteiger partial charge in [-0.25, -0.2) is 0 Å². The van der Waals surface area contributed by atoms with Gasteiger partial charge in [-0.15, -0.1) is 5.92 Å². The van der Waals surface area contributed by atoms with Gasteiger partial charge in [-0.1, -0.05) is 59.1 Å². The smallest absolute Gasteiger partial charge is 0.165 e. The maximum absolute atomic E-state index is 12.8. The fraction of sp³-hybridized carbons (Fsp3) is 0.324. The molecule has 4 rings (SSSR count). The number of anilines is 2. The second-order valence-electron chi connectivity index (χ2n) is 8.83. The van der Waals surface area contributed by atoms with Crippen molar-refractivity contribution in [1.82, 2.24) is 20.5 Å². The molecule has 6 nitrogen and oxygen atoms in total. The third kappa shape index (κ3) is 9.83. The van der Waals surface area contributed by atoms with E-state index in [1.165, 1.54) is 12.0 Å². The van der Waals surface area contributed by atoms with Crippen molar-refractivity contribution in [1.29, 1.82) is 0 Å². The molecule has 40 heavy (non-hydrogen) atoms. The first-order valence-electron chi connectivity index (χ1n) is 14.2. The van der Waals surface area contributed by atoms with E-state index in [0.717, 1.165) is 40.1 Å². The molecule has 0 aliphatic rings. The van der Waals surface area contributed by atoms with Crippen molar-refractivity contribution in [2.45, 2.75) is 60.3 Å². The van der Waals surface area contributed by atoms with E-state index in [2.05, 4.69) is 64.5 Å². The summed E-state index contributed by atoms with van der Waals surface area (Å²) in [6.45, 7) is 11.0. The highest BCUT2D eigenvalue weighted by atomic mass is 16.1. The van der Waals surface area contributed by atoms with Crippen LogP contribution >= 0.6 is 0 Å². The van der Waals surface area contributed by atoms with Crippen LogP contribution in [-0.4, -0.2) is 34.6 Å². The molecule has 210 valence electrons. The highest BCUT2D eigenvalue weighted by Gasteiger charge is 2.11.